The second-order valence-corrected chi connectivity index (χ2v) is 9.98. The Hall–Kier alpha value is -2.96. The molecule has 5 nitrogen and oxygen atoms in total. The van der Waals surface area contributed by atoms with Crippen molar-refractivity contribution >= 4 is 46.2 Å². The molecule has 0 spiro atoms. The van der Waals surface area contributed by atoms with Gasteiger partial charge >= 0.3 is 0 Å². The van der Waals surface area contributed by atoms with Crippen molar-refractivity contribution in [2.24, 2.45) is 0 Å². The molecular formula is C27H27ClN2O3S. The molecule has 1 aliphatic rings. The molecule has 1 N–H and O–H groups in total. The Bertz CT molecular complexity index is 1170. The Labute approximate surface area is 208 Å². The number of ketones is 1. The summed E-state index contributed by atoms with van der Waals surface area (Å²) >= 11 is 8.06. The van der Waals surface area contributed by atoms with Crippen molar-refractivity contribution in [3.8, 4) is 0 Å². The zero-order valence-corrected chi connectivity index (χ0v) is 20.6. The molecule has 0 unspecified atom stereocenters. The number of Topliss-reactive ketones (excluding diaryl/α,β-unsaturated/α-hetero) is 1. The molecule has 2 amide bonds. The summed E-state index contributed by atoms with van der Waals surface area (Å²) in [7, 11) is 0. The summed E-state index contributed by atoms with van der Waals surface area (Å²) in [4.78, 5) is 42.0. The van der Waals surface area contributed by atoms with Crippen LogP contribution in [0.1, 0.15) is 59.4 Å². The topological polar surface area (TPSA) is 66.5 Å². The first kappa shape index (κ1) is 24.2. The molecule has 1 aliphatic carbocycles. The van der Waals surface area contributed by atoms with Crippen molar-refractivity contribution in [3.63, 3.8) is 0 Å². The van der Waals surface area contributed by atoms with Crippen LogP contribution in [-0.4, -0.2) is 23.6 Å². The molecule has 0 bridgehead atoms. The number of carbonyl (C=O) groups is 3. The number of carbonyl (C=O) groups excluding carboxylic acids is 3. The van der Waals surface area contributed by atoms with E-state index in [1.54, 1.807) is 42.5 Å². The molecule has 2 aromatic carbocycles. The van der Waals surface area contributed by atoms with Crippen LogP contribution in [0.3, 0.4) is 0 Å². The fraction of sp³-hybridized carbons (Fsp3) is 0.296. The number of anilines is 1. The Morgan fingerprint density at radius 2 is 1.82 bits per heavy atom. The lowest BCUT2D eigenvalue weighted by Gasteiger charge is -2.33. The van der Waals surface area contributed by atoms with Gasteiger partial charge in [-0.25, -0.2) is 0 Å². The SMILES string of the molecule is CC(=O)c1cccc(N(C(=O)Cc2cccs2)[C@@H](C(=O)NC2CCCC2)c2ccccc2Cl)c1. The molecule has 7 heteroatoms. The lowest BCUT2D eigenvalue weighted by Crippen LogP contribution is -2.47. The van der Waals surface area contributed by atoms with Gasteiger partial charge in [-0.15, -0.1) is 11.3 Å². The van der Waals surface area contributed by atoms with E-state index in [4.69, 9.17) is 11.6 Å². The van der Waals surface area contributed by atoms with Crippen LogP contribution in [0.4, 0.5) is 5.69 Å². The summed E-state index contributed by atoms with van der Waals surface area (Å²) in [5, 5.41) is 5.48. The fourth-order valence-corrected chi connectivity index (χ4v) is 5.34. The van der Waals surface area contributed by atoms with Crippen molar-refractivity contribution in [1.82, 2.24) is 5.32 Å². The van der Waals surface area contributed by atoms with Crippen LogP contribution in [-0.2, 0) is 16.0 Å². The van der Waals surface area contributed by atoms with Crippen LogP contribution < -0.4 is 10.2 Å². The first-order valence-electron chi connectivity index (χ1n) is 11.4. The molecule has 0 saturated heterocycles. The van der Waals surface area contributed by atoms with Crippen molar-refractivity contribution in [3.05, 3.63) is 87.1 Å². The number of rotatable bonds is 8. The number of halogens is 1. The lowest BCUT2D eigenvalue weighted by molar-refractivity contribution is -0.127. The van der Waals surface area contributed by atoms with Gasteiger partial charge in [-0.3, -0.25) is 19.3 Å². The number of nitrogens with one attached hydrogen (secondary N) is 1. The summed E-state index contributed by atoms with van der Waals surface area (Å²) in [5.74, 6) is -0.625. The monoisotopic (exact) mass is 494 g/mol. The maximum atomic E-state index is 13.8. The number of thiophene rings is 1. The van der Waals surface area contributed by atoms with Crippen LogP contribution in [0.2, 0.25) is 5.02 Å². The quantitative estimate of drug-likeness (QED) is 0.392. The standard InChI is InChI=1S/C27H27ClN2O3S/c1-18(31)19-8-6-11-21(16-19)30(25(32)17-22-12-7-15-34-22)26(23-13-4-5-14-24(23)28)27(33)29-20-9-2-3-10-20/h4-8,11-16,20,26H,2-3,9-10,17H2,1H3,(H,29,33)/t26-/m1/s1. The van der Waals surface area contributed by atoms with Crippen LogP contribution in [0.5, 0.6) is 0 Å². The minimum Gasteiger partial charge on any atom is -0.351 e. The van der Waals surface area contributed by atoms with E-state index in [0.717, 1.165) is 30.6 Å². The van der Waals surface area contributed by atoms with Crippen molar-refractivity contribution in [1.29, 1.82) is 0 Å². The van der Waals surface area contributed by atoms with Gasteiger partial charge in [-0.1, -0.05) is 60.8 Å². The van der Waals surface area contributed by atoms with Crippen molar-refractivity contribution < 1.29 is 14.4 Å². The average molecular weight is 495 g/mol. The van der Waals surface area contributed by atoms with E-state index < -0.39 is 6.04 Å². The summed E-state index contributed by atoms with van der Waals surface area (Å²) in [6, 6.07) is 16.9. The second-order valence-electron chi connectivity index (χ2n) is 8.54. The zero-order chi connectivity index (χ0) is 24.1. The Balaban J connectivity index is 1.81. The van der Waals surface area contributed by atoms with Crippen LogP contribution in [0.25, 0.3) is 0 Å². The number of hydrogen-bond donors (Lipinski definition) is 1. The number of nitrogens with zero attached hydrogens (tertiary/aromatic N) is 1. The molecule has 1 fully saturated rings. The minimum atomic E-state index is -0.969. The summed E-state index contributed by atoms with van der Waals surface area (Å²) in [6.45, 7) is 1.48. The third-order valence-corrected chi connectivity index (χ3v) is 7.33. The van der Waals surface area contributed by atoms with E-state index in [-0.39, 0.29) is 30.1 Å². The molecule has 1 saturated carbocycles. The third kappa shape index (κ3) is 5.57. The highest BCUT2D eigenvalue weighted by Crippen LogP contribution is 2.34. The van der Waals surface area contributed by atoms with E-state index >= 15 is 0 Å². The Morgan fingerprint density at radius 1 is 1.06 bits per heavy atom. The van der Waals surface area contributed by atoms with Gasteiger partial charge in [0.25, 0.3) is 0 Å². The summed E-state index contributed by atoms with van der Waals surface area (Å²) in [5.41, 5.74) is 1.51. The van der Waals surface area contributed by atoms with E-state index in [0.29, 0.717) is 21.8 Å². The van der Waals surface area contributed by atoms with Gasteiger partial charge in [0.1, 0.15) is 6.04 Å². The smallest absolute Gasteiger partial charge is 0.248 e. The minimum absolute atomic E-state index is 0.0790. The fourth-order valence-electron chi connectivity index (χ4n) is 4.40. The van der Waals surface area contributed by atoms with Gasteiger partial charge in [0.15, 0.2) is 5.78 Å². The molecular weight excluding hydrogens is 468 g/mol. The highest BCUT2D eigenvalue weighted by Gasteiger charge is 2.35. The summed E-state index contributed by atoms with van der Waals surface area (Å²) in [6.07, 6.45) is 4.13. The Kier molecular flexibility index (Phi) is 7.80. The normalized spacial score (nSPS) is 14.5. The van der Waals surface area contributed by atoms with E-state index in [1.807, 2.05) is 23.6 Å². The highest BCUT2D eigenvalue weighted by molar-refractivity contribution is 7.10. The van der Waals surface area contributed by atoms with E-state index in [1.165, 1.54) is 23.2 Å². The van der Waals surface area contributed by atoms with Gasteiger partial charge in [-0.2, -0.15) is 0 Å². The van der Waals surface area contributed by atoms with Crippen molar-refractivity contribution in [2.45, 2.75) is 51.1 Å². The van der Waals surface area contributed by atoms with Crippen LogP contribution in [0.15, 0.2) is 66.0 Å². The number of benzene rings is 2. The number of hydrogen-bond acceptors (Lipinski definition) is 4. The van der Waals surface area contributed by atoms with E-state index in [2.05, 4.69) is 5.32 Å². The van der Waals surface area contributed by atoms with Crippen LogP contribution >= 0.6 is 22.9 Å². The lowest BCUT2D eigenvalue weighted by atomic mass is 10.0. The van der Waals surface area contributed by atoms with Gasteiger partial charge in [0, 0.05) is 32.8 Å². The van der Waals surface area contributed by atoms with Crippen LogP contribution in [0, 0.1) is 0 Å². The first-order valence-corrected chi connectivity index (χ1v) is 12.7. The molecule has 0 radical (unpaired) electrons. The largest absolute Gasteiger partial charge is 0.351 e. The molecule has 4 rings (SSSR count). The third-order valence-electron chi connectivity index (χ3n) is 6.11. The first-order chi connectivity index (χ1) is 16.4. The van der Waals surface area contributed by atoms with Crippen molar-refractivity contribution in [2.75, 3.05) is 4.90 Å². The predicted molar refractivity (Wildman–Crippen MR) is 137 cm³/mol. The summed E-state index contributed by atoms with van der Waals surface area (Å²) < 4.78 is 0. The molecule has 1 heterocycles. The highest BCUT2D eigenvalue weighted by atomic mass is 35.5. The van der Waals surface area contributed by atoms with Gasteiger partial charge in [0.05, 0.1) is 6.42 Å². The zero-order valence-electron chi connectivity index (χ0n) is 19.0. The molecule has 176 valence electrons. The molecule has 1 atom stereocenters. The van der Waals surface area contributed by atoms with Gasteiger partial charge in [0.2, 0.25) is 11.8 Å². The Morgan fingerprint density at radius 3 is 2.50 bits per heavy atom. The maximum Gasteiger partial charge on any atom is 0.248 e. The number of amides is 2. The maximum absolute atomic E-state index is 13.8. The van der Waals surface area contributed by atoms with Gasteiger partial charge in [-0.05, 0) is 49.4 Å². The molecule has 3 aromatic rings. The molecule has 34 heavy (non-hydrogen) atoms. The second kappa shape index (κ2) is 11.0. The predicted octanol–water partition coefficient (Wildman–Crippen LogP) is 5.98. The molecule has 1 aromatic heterocycles. The average Bonchev–Trinajstić information content (AvgIpc) is 3.52. The van der Waals surface area contributed by atoms with E-state index in [9.17, 15) is 14.4 Å². The molecule has 0 aliphatic heterocycles. The van der Waals surface area contributed by atoms with Gasteiger partial charge < -0.3 is 5.32 Å².